The number of rotatable bonds is 9. The van der Waals surface area contributed by atoms with Gasteiger partial charge in [0.1, 0.15) is 0 Å². The number of halogens is 1. The summed E-state index contributed by atoms with van der Waals surface area (Å²) < 4.78 is 16.0. The maximum Gasteiger partial charge on any atom is 0.191 e. The zero-order valence-electron chi connectivity index (χ0n) is 17.9. The average molecular weight is 522 g/mol. The molecule has 1 fully saturated rings. The van der Waals surface area contributed by atoms with Crippen LogP contribution in [0.5, 0.6) is 11.5 Å². The monoisotopic (exact) mass is 522 g/mol. The summed E-state index contributed by atoms with van der Waals surface area (Å²) in [5.74, 6) is 2.04. The Morgan fingerprint density at radius 2 is 1.90 bits per heavy atom. The van der Waals surface area contributed by atoms with Crippen LogP contribution in [0.25, 0.3) is 0 Å². The second-order valence-corrected chi connectivity index (χ2v) is 7.12. The Morgan fingerprint density at radius 1 is 1.21 bits per heavy atom. The highest BCUT2D eigenvalue weighted by Gasteiger charge is 2.25. The molecule has 1 atom stereocenters. The van der Waals surface area contributed by atoms with Gasteiger partial charge in [-0.15, -0.1) is 24.0 Å². The van der Waals surface area contributed by atoms with E-state index in [9.17, 15) is 5.11 Å². The van der Waals surface area contributed by atoms with E-state index in [-0.39, 0.29) is 24.0 Å². The van der Waals surface area contributed by atoms with Gasteiger partial charge in [-0.1, -0.05) is 6.07 Å². The molecule has 9 heteroatoms. The molecule has 0 aliphatic carbocycles. The summed E-state index contributed by atoms with van der Waals surface area (Å²) in [5.41, 5.74) is 0.145. The first-order valence-electron chi connectivity index (χ1n) is 9.73. The molecule has 1 aromatic carbocycles. The first-order chi connectivity index (χ1) is 13.5. The Kier molecular flexibility index (Phi) is 11.6. The van der Waals surface area contributed by atoms with Gasteiger partial charge in [0, 0.05) is 32.7 Å². The van der Waals surface area contributed by atoms with Crippen molar-refractivity contribution in [2.75, 3.05) is 60.2 Å². The fraction of sp³-hybridized carbons (Fsp3) is 0.650. The first-order valence-corrected chi connectivity index (χ1v) is 9.73. The number of ether oxygens (including phenoxy) is 3. The van der Waals surface area contributed by atoms with Crippen LogP contribution in [0.1, 0.15) is 19.4 Å². The highest BCUT2D eigenvalue weighted by atomic mass is 127. The van der Waals surface area contributed by atoms with Crippen molar-refractivity contribution in [3.8, 4) is 11.5 Å². The molecule has 1 aromatic rings. The Bertz CT molecular complexity index is 637. The lowest BCUT2D eigenvalue weighted by Crippen LogP contribution is -2.52. The molecule has 1 saturated heterocycles. The summed E-state index contributed by atoms with van der Waals surface area (Å²) in [4.78, 5) is 6.84. The van der Waals surface area contributed by atoms with E-state index in [1.807, 2.05) is 32.0 Å². The molecule has 29 heavy (non-hydrogen) atoms. The number of nitrogens with zero attached hydrogens (tertiary/aromatic N) is 2. The molecule has 1 unspecified atom stereocenters. The second kappa shape index (κ2) is 13.1. The molecule has 3 N–H and O–H groups in total. The van der Waals surface area contributed by atoms with Gasteiger partial charge in [-0.05, 0) is 31.5 Å². The van der Waals surface area contributed by atoms with Gasteiger partial charge >= 0.3 is 0 Å². The second-order valence-electron chi connectivity index (χ2n) is 7.12. The van der Waals surface area contributed by atoms with E-state index in [2.05, 4.69) is 20.5 Å². The van der Waals surface area contributed by atoms with Gasteiger partial charge in [-0.3, -0.25) is 4.90 Å². The van der Waals surface area contributed by atoms with Crippen LogP contribution in [0.2, 0.25) is 0 Å². The Morgan fingerprint density at radius 3 is 2.52 bits per heavy atom. The lowest BCUT2D eigenvalue weighted by molar-refractivity contribution is -0.0201. The predicted molar refractivity (Wildman–Crippen MR) is 126 cm³/mol. The van der Waals surface area contributed by atoms with E-state index in [1.54, 1.807) is 14.2 Å². The van der Waals surface area contributed by atoms with Crippen LogP contribution in [0.3, 0.4) is 0 Å². The van der Waals surface area contributed by atoms with E-state index in [0.29, 0.717) is 37.1 Å². The Balaban J connectivity index is 0.00000420. The van der Waals surface area contributed by atoms with E-state index in [0.717, 1.165) is 38.4 Å². The Labute approximate surface area is 191 Å². The molecule has 2 rings (SSSR count). The number of β-amino-alcohol motifs (C(OH)–C–C–N with tert-alkyl or cyclic N) is 1. The highest BCUT2D eigenvalue weighted by molar-refractivity contribution is 14.0. The van der Waals surface area contributed by atoms with Crippen LogP contribution in [0, 0.1) is 0 Å². The van der Waals surface area contributed by atoms with E-state index in [1.165, 1.54) is 0 Å². The molecule has 0 radical (unpaired) electrons. The third-order valence-electron chi connectivity index (χ3n) is 4.52. The van der Waals surface area contributed by atoms with Crippen LogP contribution in [0.4, 0.5) is 0 Å². The molecule has 0 bridgehead atoms. The fourth-order valence-electron chi connectivity index (χ4n) is 3.06. The molecular formula is C20H35IN4O4. The lowest BCUT2D eigenvalue weighted by atomic mass is 10.1. The topological polar surface area (TPSA) is 87.6 Å². The highest BCUT2D eigenvalue weighted by Crippen LogP contribution is 2.27. The maximum atomic E-state index is 10.7. The predicted octanol–water partition coefficient (Wildman–Crippen LogP) is 1.46. The van der Waals surface area contributed by atoms with E-state index >= 15 is 0 Å². The van der Waals surface area contributed by atoms with Gasteiger partial charge in [0.15, 0.2) is 17.5 Å². The number of benzene rings is 1. The molecular weight excluding hydrogens is 487 g/mol. The summed E-state index contributed by atoms with van der Waals surface area (Å²) in [7, 11) is 3.23. The molecule has 166 valence electrons. The Hall–Kier alpha value is -1.30. The number of guanidine groups is 1. The minimum Gasteiger partial charge on any atom is -0.493 e. The molecule has 8 nitrogen and oxygen atoms in total. The third-order valence-corrected chi connectivity index (χ3v) is 4.52. The summed E-state index contributed by atoms with van der Waals surface area (Å²) in [5, 5.41) is 17.2. The van der Waals surface area contributed by atoms with Crippen molar-refractivity contribution in [1.29, 1.82) is 0 Å². The first kappa shape index (κ1) is 25.7. The molecule has 0 saturated carbocycles. The number of hydrogen-bond acceptors (Lipinski definition) is 6. The molecule has 0 amide bonds. The van der Waals surface area contributed by atoms with Gasteiger partial charge in [0.2, 0.25) is 0 Å². The van der Waals surface area contributed by atoms with Crippen molar-refractivity contribution in [1.82, 2.24) is 15.5 Å². The number of aliphatic hydroxyl groups is 1. The summed E-state index contributed by atoms with van der Waals surface area (Å²) in [6, 6.07) is 5.75. The van der Waals surface area contributed by atoms with Crippen molar-refractivity contribution >= 4 is 29.9 Å². The van der Waals surface area contributed by atoms with Gasteiger partial charge in [0.25, 0.3) is 0 Å². The lowest BCUT2D eigenvalue weighted by Gasteiger charge is -2.34. The van der Waals surface area contributed by atoms with Crippen LogP contribution < -0.4 is 20.1 Å². The zero-order chi connectivity index (χ0) is 20.4. The number of hydrogen-bond donors (Lipinski definition) is 3. The van der Waals surface area contributed by atoms with E-state index in [4.69, 9.17) is 14.2 Å². The average Bonchev–Trinajstić information content (AvgIpc) is 2.70. The van der Waals surface area contributed by atoms with Crippen LogP contribution in [-0.2, 0) is 11.3 Å². The number of aliphatic imine (C=N–C) groups is 1. The van der Waals surface area contributed by atoms with Crippen LogP contribution >= 0.6 is 24.0 Å². The van der Waals surface area contributed by atoms with Crippen molar-refractivity contribution in [2.24, 2.45) is 4.99 Å². The molecule has 1 aliphatic heterocycles. The van der Waals surface area contributed by atoms with Gasteiger partial charge in [-0.2, -0.15) is 0 Å². The summed E-state index contributed by atoms with van der Waals surface area (Å²) >= 11 is 0. The van der Waals surface area contributed by atoms with Gasteiger partial charge in [-0.25, -0.2) is 4.99 Å². The number of methoxy groups -OCH3 is 2. The van der Waals surface area contributed by atoms with E-state index < -0.39 is 5.60 Å². The van der Waals surface area contributed by atoms with Gasteiger partial charge in [0.05, 0.1) is 39.6 Å². The molecule has 0 aromatic heterocycles. The molecule has 1 aliphatic rings. The standard InChI is InChI=1S/C20H34N4O4.HI/c1-5-21-19(22-13-16-6-7-17(26-3)18(12-16)27-4)23-14-20(2,25)15-24-8-10-28-11-9-24;/h6-7,12,25H,5,8-11,13-15H2,1-4H3,(H2,21,22,23);1H. The van der Waals surface area contributed by atoms with Crippen molar-refractivity contribution in [3.05, 3.63) is 23.8 Å². The maximum absolute atomic E-state index is 10.7. The third kappa shape index (κ3) is 8.93. The SMILES string of the molecule is CCNC(=NCc1ccc(OC)c(OC)c1)NCC(C)(O)CN1CCOCC1.I. The van der Waals surface area contributed by atoms with Crippen molar-refractivity contribution in [2.45, 2.75) is 26.0 Å². The minimum atomic E-state index is -0.864. The van der Waals surface area contributed by atoms with Crippen LogP contribution in [0.15, 0.2) is 23.2 Å². The largest absolute Gasteiger partial charge is 0.493 e. The minimum absolute atomic E-state index is 0. The molecule has 0 spiro atoms. The fourth-order valence-corrected chi connectivity index (χ4v) is 3.06. The van der Waals surface area contributed by atoms with Crippen LogP contribution in [-0.4, -0.2) is 81.7 Å². The summed E-state index contributed by atoms with van der Waals surface area (Å²) in [6.07, 6.45) is 0. The number of nitrogens with one attached hydrogen (secondary N) is 2. The van der Waals surface area contributed by atoms with Crippen molar-refractivity contribution < 1.29 is 19.3 Å². The quantitative estimate of drug-likeness (QED) is 0.257. The normalized spacial score (nSPS) is 17.1. The van der Waals surface area contributed by atoms with Gasteiger partial charge < -0.3 is 30.0 Å². The zero-order valence-corrected chi connectivity index (χ0v) is 20.2. The van der Waals surface area contributed by atoms with Crippen molar-refractivity contribution in [3.63, 3.8) is 0 Å². The number of morpholine rings is 1. The molecule has 1 heterocycles. The smallest absolute Gasteiger partial charge is 0.191 e. The summed E-state index contributed by atoms with van der Waals surface area (Å²) in [6.45, 7) is 9.23.